The second-order valence-electron chi connectivity index (χ2n) is 7.35. The molecule has 0 unspecified atom stereocenters. The van der Waals surface area contributed by atoms with Crippen LogP contribution >= 0.6 is 11.8 Å². The molecule has 1 aliphatic rings. The summed E-state index contributed by atoms with van der Waals surface area (Å²) in [5.41, 5.74) is 7.58. The number of amides is 2. The molecule has 1 aliphatic heterocycles. The minimum absolute atomic E-state index is 0.221. The number of benzene rings is 2. The van der Waals surface area contributed by atoms with Crippen LogP contribution in [0.5, 0.6) is 0 Å². The van der Waals surface area contributed by atoms with E-state index >= 15 is 0 Å². The first kappa shape index (κ1) is 20.2. The number of carbonyl (C=O) groups excluding carboxylic acids is 2. The zero-order valence-corrected chi connectivity index (χ0v) is 17.7. The van der Waals surface area contributed by atoms with Crippen molar-refractivity contribution in [3.8, 4) is 0 Å². The van der Waals surface area contributed by atoms with Crippen LogP contribution in [0, 0.1) is 6.92 Å². The lowest BCUT2D eigenvalue weighted by molar-refractivity contribution is -0.119. The Labute approximate surface area is 180 Å². The molecule has 0 bridgehead atoms. The van der Waals surface area contributed by atoms with Crippen LogP contribution in [0.15, 0.2) is 59.5 Å². The average molecular weight is 421 g/mol. The van der Waals surface area contributed by atoms with Gasteiger partial charge in [0.1, 0.15) is 5.82 Å². The largest absolute Gasteiger partial charge is 0.356 e. The number of anilines is 1. The molecule has 0 aliphatic carbocycles. The van der Waals surface area contributed by atoms with Crippen molar-refractivity contribution in [2.45, 2.75) is 24.7 Å². The van der Waals surface area contributed by atoms with Crippen molar-refractivity contribution < 1.29 is 9.59 Å². The molecule has 2 N–H and O–H groups in total. The Kier molecular flexibility index (Phi) is 6.18. The van der Waals surface area contributed by atoms with Crippen molar-refractivity contribution in [2.75, 3.05) is 23.7 Å². The number of hydrazine groups is 1. The highest BCUT2D eigenvalue weighted by molar-refractivity contribution is 8.00. The van der Waals surface area contributed by atoms with Gasteiger partial charge in [-0.2, -0.15) is 0 Å². The van der Waals surface area contributed by atoms with Crippen LogP contribution in [0.4, 0.5) is 5.82 Å². The number of fused-ring (bicyclic) bond motifs is 1. The SMILES string of the molecule is Cc1ccc(SCC(=O)NNC(=O)c2cc3ccccc3nc2N2CCCC2)cc1. The Balaban J connectivity index is 1.43. The highest BCUT2D eigenvalue weighted by Gasteiger charge is 2.22. The van der Waals surface area contributed by atoms with Gasteiger partial charge in [0.2, 0.25) is 5.91 Å². The van der Waals surface area contributed by atoms with Gasteiger partial charge in [-0.05, 0) is 44.0 Å². The fourth-order valence-corrected chi connectivity index (χ4v) is 4.15. The summed E-state index contributed by atoms with van der Waals surface area (Å²) in [7, 11) is 0. The number of carbonyl (C=O) groups is 2. The molecule has 3 aromatic rings. The van der Waals surface area contributed by atoms with Crippen LogP contribution < -0.4 is 15.8 Å². The third-order valence-corrected chi connectivity index (χ3v) is 6.07. The molecule has 1 aromatic heterocycles. The molecule has 154 valence electrons. The average Bonchev–Trinajstić information content (AvgIpc) is 3.31. The Morgan fingerprint density at radius 3 is 2.53 bits per heavy atom. The lowest BCUT2D eigenvalue weighted by Gasteiger charge is -2.20. The lowest BCUT2D eigenvalue weighted by atomic mass is 10.1. The quantitative estimate of drug-likeness (QED) is 0.486. The lowest BCUT2D eigenvalue weighted by Crippen LogP contribution is -2.43. The predicted molar refractivity (Wildman–Crippen MR) is 121 cm³/mol. The monoisotopic (exact) mass is 420 g/mol. The molecule has 6 nitrogen and oxygen atoms in total. The Bertz CT molecular complexity index is 1060. The first-order valence-electron chi connectivity index (χ1n) is 10.0. The minimum Gasteiger partial charge on any atom is -0.356 e. The fourth-order valence-electron chi connectivity index (χ4n) is 3.46. The van der Waals surface area contributed by atoms with E-state index in [1.165, 1.54) is 17.3 Å². The number of hydrogen-bond donors (Lipinski definition) is 2. The molecular formula is C23H24N4O2S. The van der Waals surface area contributed by atoms with E-state index in [1.807, 2.05) is 61.5 Å². The number of aromatic nitrogens is 1. The van der Waals surface area contributed by atoms with Crippen molar-refractivity contribution in [3.05, 3.63) is 65.7 Å². The van der Waals surface area contributed by atoms with E-state index in [9.17, 15) is 9.59 Å². The first-order valence-corrected chi connectivity index (χ1v) is 11.0. The van der Waals surface area contributed by atoms with Gasteiger partial charge in [-0.25, -0.2) is 4.98 Å². The first-order chi connectivity index (χ1) is 14.6. The summed E-state index contributed by atoms with van der Waals surface area (Å²) >= 11 is 1.43. The number of thioether (sulfide) groups is 1. The summed E-state index contributed by atoms with van der Waals surface area (Å²) in [6.07, 6.45) is 2.17. The van der Waals surface area contributed by atoms with Crippen LogP contribution in [0.25, 0.3) is 10.9 Å². The van der Waals surface area contributed by atoms with Crippen molar-refractivity contribution in [1.29, 1.82) is 0 Å². The van der Waals surface area contributed by atoms with Crippen molar-refractivity contribution >= 4 is 40.3 Å². The smallest absolute Gasteiger partial charge is 0.273 e. The van der Waals surface area contributed by atoms with E-state index in [2.05, 4.69) is 15.8 Å². The Morgan fingerprint density at radius 1 is 1.03 bits per heavy atom. The normalized spacial score (nSPS) is 13.4. The molecule has 1 saturated heterocycles. The third-order valence-electron chi connectivity index (χ3n) is 5.06. The highest BCUT2D eigenvalue weighted by Crippen LogP contribution is 2.26. The van der Waals surface area contributed by atoms with Gasteiger partial charge in [-0.15, -0.1) is 11.8 Å². The van der Waals surface area contributed by atoms with E-state index in [1.54, 1.807) is 0 Å². The molecule has 0 radical (unpaired) electrons. The standard InChI is InChI=1S/C23H24N4O2S/c1-16-8-10-18(11-9-16)30-15-21(28)25-26-23(29)19-14-17-6-2-3-7-20(17)24-22(19)27-12-4-5-13-27/h2-3,6-11,14H,4-5,12-13,15H2,1H3,(H,25,28)(H,26,29). The van der Waals surface area contributed by atoms with Gasteiger partial charge in [0, 0.05) is 23.4 Å². The molecule has 0 atom stereocenters. The molecule has 7 heteroatoms. The molecule has 1 fully saturated rings. The van der Waals surface area contributed by atoms with Crippen LogP contribution in [-0.4, -0.2) is 35.6 Å². The molecule has 2 heterocycles. The van der Waals surface area contributed by atoms with Crippen LogP contribution in [0.2, 0.25) is 0 Å². The maximum atomic E-state index is 12.9. The third kappa shape index (κ3) is 4.74. The molecule has 2 aromatic carbocycles. The molecular weight excluding hydrogens is 396 g/mol. The number of hydrogen-bond acceptors (Lipinski definition) is 5. The Hall–Kier alpha value is -3.06. The van der Waals surface area contributed by atoms with Gasteiger partial charge in [0.05, 0.1) is 16.8 Å². The number of para-hydroxylation sites is 1. The molecule has 30 heavy (non-hydrogen) atoms. The summed E-state index contributed by atoms with van der Waals surface area (Å²) in [4.78, 5) is 33.0. The molecule has 0 saturated carbocycles. The van der Waals surface area contributed by atoms with Gasteiger partial charge in [0.25, 0.3) is 5.91 Å². The van der Waals surface area contributed by atoms with Crippen LogP contribution in [-0.2, 0) is 4.79 Å². The summed E-state index contributed by atoms with van der Waals surface area (Å²) in [5, 5.41) is 0.895. The number of rotatable bonds is 5. The number of aryl methyl sites for hydroxylation is 1. The second kappa shape index (κ2) is 9.17. The summed E-state index contributed by atoms with van der Waals surface area (Å²) in [6.45, 7) is 3.78. The van der Waals surface area contributed by atoms with Gasteiger partial charge < -0.3 is 4.90 Å². The topological polar surface area (TPSA) is 74.3 Å². The van der Waals surface area contributed by atoms with E-state index < -0.39 is 0 Å². The fraction of sp³-hybridized carbons (Fsp3) is 0.261. The van der Waals surface area contributed by atoms with Crippen molar-refractivity contribution in [2.24, 2.45) is 0 Å². The predicted octanol–water partition coefficient (Wildman–Crippen LogP) is 3.70. The summed E-state index contributed by atoms with van der Waals surface area (Å²) in [5.74, 6) is 0.277. The van der Waals surface area contributed by atoms with E-state index in [-0.39, 0.29) is 17.6 Å². The second-order valence-corrected chi connectivity index (χ2v) is 8.40. The number of pyridine rings is 1. The zero-order chi connectivity index (χ0) is 20.9. The van der Waals surface area contributed by atoms with E-state index in [4.69, 9.17) is 4.98 Å². The minimum atomic E-state index is -0.358. The zero-order valence-electron chi connectivity index (χ0n) is 16.9. The molecule has 2 amide bonds. The maximum absolute atomic E-state index is 12.9. The molecule has 0 spiro atoms. The van der Waals surface area contributed by atoms with Gasteiger partial charge in [-0.3, -0.25) is 20.4 Å². The Morgan fingerprint density at radius 2 is 1.77 bits per heavy atom. The number of nitrogens with one attached hydrogen (secondary N) is 2. The summed E-state index contributed by atoms with van der Waals surface area (Å²) < 4.78 is 0. The van der Waals surface area contributed by atoms with Crippen LogP contribution in [0.1, 0.15) is 28.8 Å². The van der Waals surface area contributed by atoms with Gasteiger partial charge in [0.15, 0.2) is 0 Å². The van der Waals surface area contributed by atoms with E-state index in [0.717, 1.165) is 41.7 Å². The van der Waals surface area contributed by atoms with Crippen LogP contribution in [0.3, 0.4) is 0 Å². The summed E-state index contributed by atoms with van der Waals surface area (Å²) in [6, 6.07) is 17.6. The van der Waals surface area contributed by atoms with Crippen molar-refractivity contribution in [3.63, 3.8) is 0 Å². The van der Waals surface area contributed by atoms with Crippen molar-refractivity contribution in [1.82, 2.24) is 15.8 Å². The van der Waals surface area contributed by atoms with Gasteiger partial charge in [-0.1, -0.05) is 35.9 Å². The molecule has 4 rings (SSSR count). The maximum Gasteiger partial charge on any atom is 0.273 e. The number of nitrogens with zero attached hydrogens (tertiary/aromatic N) is 2. The highest BCUT2D eigenvalue weighted by atomic mass is 32.2. The van der Waals surface area contributed by atoms with E-state index in [0.29, 0.717) is 11.4 Å². The van der Waals surface area contributed by atoms with Gasteiger partial charge >= 0.3 is 0 Å².